The predicted molar refractivity (Wildman–Crippen MR) is 50.2 cm³/mol. The van der Waals surface area contributed by atoms with E-state index < -0.39 is 0 Å². The zero-order valence-corrected chi connectivity index (χ0v) is 8.21. The molecule has 0 aromatic heterocycles. The Morgan fingerprint density at radius 2 is 2.00 bits per heavy atom. The maximum atomic E-state index is 9.40. The summed E-state index contributed by atoms with van der Waals surface area (Å²) in [6, 6.07) is 0. The molecule has 1 aliphatic rings. The molecule has 12 heavy (non-hydrogen) atoms. The van der Waals surface area contributed by atoms with Crippen LogP contribution in [0.5, 0.6) is 0 Å². The molecule has 0 N–H and O–H groups in total. The van der Waals surface area contributed by atoms with E-state index >= 15 is 0 Å². The quantitative estimate of drug-likeness (QED) is 0.611. The lowest BCUT2D eigenvalue weighted by Crippen LogP contribution is -2.01. The van der Waals surface area contributed by atoms with Gasteiger partial charge in [-0.1, -0.05) is 19.8 Å². The van der Waals surface area contributed by atoms with Gasteiger partial charge in [0.05, 0.1) is 6.10 Å². The van der Waals surface area contributed by atoms with Crippen molar-refractivity contribution < 1.29 is 9.53 Å². The van der Waals surface area contributed by atoms with Gasteiger partial charge in [-0.2, -0.15) is 0 Å². The second-order valence-electron chi connectivity index (χ2n) is 3.10. The summed E-state index contributed by atoms with van der Waals surface area (Å²) < 4.78 is 5.11. The molecule has 1 rings (SSSR count). The minimum absolute atomic E-state index is 0.597. The summed E-state index contributed by atoms with van der Waals surface area (Å²) in [5.74, 6) is 0. The Morgan fingerprint density at radius 1 is 1.42 bits per heavy atom. The standard InChI is InChI=1S/C6H12O.C4H8O/c1-7-6-4-2-3-5-6;1-2-3-4-5/h6H,2-5H2,1H3;4H,2-3H2,1H3. The van der Waals surface area contributed by atoms with Crippen LogP contribution >= 0.6 is 0 Å². The van der Waals surface area contributed by atoms with Crippen molar-refractivity contribution in [1.82, 2.24) is 0 Å². The Hall–Kier alpha value is -0.370. The summed E-state index contributed by atoms with van der Waals surface area (Å²) in [6.07, 6.45) is 8.54. The zero-order valence-electron chi connectivity index (χ0n) is 8.21. The highest BCUT2D eigenvalue weighted by Crippen LogP contribution is 2.19. The lowest BCUT2D eigenvalue weighted by Gasteiger charge is -2.02. The number of unbranched alkanes of at least 4 members (excludes halogenated alkanes) is 1. The number of ether oxygens (including phenoxy) is 1. The minimum atomic E-state index is 0.597. The monoisotopic (exact) mass is 172 g/mol. The molecule has 0 heterocycles. The summed E-state index contributed by atoms with van der Waals surface area (Å²) in [7, 11) is 1.80. The van der Waals surface area contributed by atoms with Gasteiger partial charge >= 0.3 is 0 Å². The first kappa shape index (κ1) is 11.6. The van der Waals surface area contributed by atoms with Crippen LogP contribution in [0.3, 0.4) is 0 Å². The highest BCUT2D eigenvalue weighted by atomic mass is 16.5. The van der Waals surface area contributed by atoms with Crippen LogP contribution in [0.4, 0.5) is 0 Å². The van der Waals surface area contributed by atoms with E-state index in [1.165, 1.54) is 25.7 Å². The van der Waals surface area contributed by atoms with Crippen molar-refractivity contribution in [2.75, 3.05) is 7.11 Å². The lowest BCUT2D eigenvalue weighted by molar-refractivity contribution is -0.107. The molecule has 0 aliphatic heterocycles. The van der Waals surface area contributed by atoms with Crippen molar-refractivity contribution in [3.8, 4) is 0 Å². The molecule has 0 amide bonds. The van der Waals surface area contributed by atoms with Gasteiger partial charge in [0, 0.05) is 13.5 Å². The van der Waals surface area contributed by atoms with Gasteiger partial charge in [0.1, 0.15) is 6.29 Å². The molecule has 0 aromatic rings. The van der Waals surface area contributed by atoms with Crippen LogP contribution in [0, 0.1) is 0 Å². The van der Waals surface area contributed by atoms with Gasteiger partial charge in [-0.25, -0.2) is 0 Å². The van der Waals surface area contributed by atoms with E-state index in [9.17, 15) is 4.79 Å². The molecule has 0 bridgehead atoms. The van der Waals surface area contributed by atoms with E-state index in [0.29, 0.717) is 12.5 Å². The fourth-order valence-electron chi connectivity index (χ4n) is 1.24. The van der Waals surface area contributed by atoms with Crippen LogP contribution in [0.15, 0.2) is 0 Å². The van der Waals surface area contributed by atoms with Gasteiger partial charge in [0.25, 0.3) is 0 Å². The molecule has 0 spiro atoms. The van der Waals surface area contributed by atoms with E-state index in [2.05, 4.69) is 0 Å². The maximum absolute atomic E-state index is 9.40. The third-order valence-corrected chi connectivity index (χ3v) is 2.04. The number of hydrogen-bond donors (Lipinski definition) is 0. The second kappa shape index (κ2) is 8.72. The average Bonchev–Trinajstić information content (AvgIpc) is 2.58. The summed E-state index contributed by atoms with van der Waals surface area (Å²) >= 11 is 0. The van der Waals surface area contributed by atoms with E-state index in [-0.39, 0.29) is 0 Å². The van der Waals surface area contributed by atoms with Crippen LogP contribution in [0.2, 0.25) is 0 Å². The Bertz CT molecular complexity index is 96.0. The highest BCUT2D eigenvalue weighted by molar-refractivity contribution is 5.48. The molecule has 0 radical (unpaired) electrons. The molecule has 1 aliphatic carbocycles. The molecule has 0 saturated heterocycles. The van der Waals surface area contributed by atoms with Crippen LogP contribution < -0.4 is 0 Å². The fourth-order valence-corrected chi connectivity index (χ4v) is 1.24. The summed E-state index contributed by atoms with van der Waals surface area (Å²) in [5, 5.41) is 0. The van der Waals surface area contributed by atoms with Crippen molar-refractivity contribution in [2.24, 2.45) is 0 Å². The molecule has 0 aromatic carbocycles. The van der Waals surface area contributed by atoms with E-state index in [0.717, 1.165) is 12.7 Å². The molecule has 72 valence electrons. The molecule has 1 fully saturated rings. The Morgan fingerprint density at radius 3 is 2.17 bits per heavy atom. The summed E-state index contributed by atoms with van der Waals surface area (Å²) in [5.41, 5.74) is 0. The largest absolute Gasteiger partial charge is 0.381 e. The first-order valence-electron chi connectivity index (χ1n) is 4.81. The van der Waals surface area contributed by atoms with E-state index in [4.69, 9.17) is 4.74 Å². The van der Waals surface area contributed by atoms with Crippen molar-refractivity contribution in [3.05, 3.63) is 0 Å². The molecule has 2 nitrogen and oxygen atoms in total. The number of hydrogen-bond acceptors (Lipinski definition) is 2. The average molecular weight is 172 g/mol. The number of aldehydes is 1. The Kier molecular flexibility index (Phi) is 8.46. The van der Waals surface area contributed by atoms with Crippen LogP contribution in [0.25, 0.3) is 0 Å². The summed E-state index contributed by atoms with van der Waals surface area (Å²) in [4.78, 5) is 9.40. The van der Waals surface area contributed by atoms with Gasteiger partial charge in [0.2, 0.25) is 0 Å². The lowest BCUT2D eigenvalue weighted by atomic mass is 10.3. The Balaban J connectivity index is 0.000000217. The second-order valence-corrected chi connectivity index (χ2v) is 3.10. The first-order valence-corrected chi connectivity index (χ1v) is 4.81. The maximum Gasteiger partial charge on any atom is 0.119 e. The van der Waals surface area contributed by atoms with Crippen LogP contribution in [-0.2, 0) is 9.53 Å². The Labute approximate surface area is 75.3 Å². The zero-order chi connectivity index (χ0) is 9.23. The van der Waals surface area contributed by atoms with Gasteiger partial charge in [-0.3, -0.25) is 0 Å². The smallest absolute Gasteiger partial charge is 0.119 e. The molecular formula is C10H20O2. The first-order chi connectivity index (χ1) is 5.85. The number of carbonyl (C=O) groups excluding carboxylic acids is 1. The van der Waals surface area contributed by atoms with Gasteiger partial charge in [0.15, 0.2) is 0 Å². The van der Waals surface area contributed by atoms with Gasteiger partial charge in [-0.05, 0) is 19.3 Å². The van der Waals surface area contributed by atoms with E-state index in [1.807, 2.05) is 6.92 Å². The topological polar surface area (TPSA) is 26.3 Å². The number of methoxy groups -OCH3 is 1. The van der Waals surface area contributed by atoms with Crippen LogP contribution in [-0.4, -0.2) is 19.5 Å². The molecule has 2 heteroatoms. The molecule has 0 unspecified atom stereocenters. The van der Waals surface area contributed by atoms with Crippen LogP contribution in [0.1, 0.15) is 45.4 Å². The third kappa shape index (κ3) is 6.35. The fraction of sp³-hybridized carbons (Fsp3) is 0.900. The van der Waals surface area contributed by atoms with Crippen molar-refractivity contribution in [2.45, 2.75) is 51.6 Å². The normalized spacial score (nSPS) is 16.8. The molecule has 0 atom stereocenters. The molecular weight excluding hydrogens is 152 g/mol. The van der Waals surface area contributed by atoms with Crippen molar-refractivity contribution >= 4 is 6.29 Å². The van der Waals surface area contributed by atoms with Crippen molar-refractivity contribution in [3.63, 3.8) is 0 Å². The predicted octanol–water partition coefficient (Wildman–Crippen LogP) is 2.56. The van der Waals surface area contributed by atoms with Gasteiger partial charge in [-0.15, -0.1) is 0 Å². The number of carbonyl (C=O) groups is 1. The molecule has 1 saturated carbocycles. The SMILES string of the molecule is CCCC=O.COC1CCCC1. The van der Waals surface area contributed by atoms with Gasteiger partial charge < -0.3 is 9.53 Å². The number of rotatable bonds is 3. The summed E-state index contributed by atoms with van der Waals surface area (Å²) in [6.45, 7) is 1.98. The van der Waals surface area contributed by atoms with Crippen molar-refractivity contribution in [1.29, 1.82) is 0 Å². The van der Waals surface area contributed by atoms with E-state index in [1.54, 1.807) is 7.11 Å². The minimum Gasteiger partial charge on any atom is -0.381 e. The highest BCUT2D eigenvalue weighted by Gasteiger charge is 2.12. The third-order valence-electron chi connectivity index (χ3n) is 2.04.